The van der Waals surface area contributed by atoms with Gasteiger partial charge in [-0.2, -0.15) is 0 Å². The number of rotatable bonds is 5. The van der Waals surface area contributed by atoms with E-state index in [9.17, 15) is 10.1 Å². The minimum Gasteiger partial charge on any atom is -0.378 e. The highest BCUT2D eigenvalue weighted by atomic mass is 16.6. The third-order valence-corrected chi connectivity index (χ3v) is 2.17. The van der Waals surface area contributed by atoms with Gasteiger partial charge in [-0.3, -0.25) is 10.1 Å². The summed E-state index contributed by atoms with van der Waals surface area (Å²) in [6.07, 6.45) is 0. The number of nitrogens with one attached hydrogen (secondary N) is 1. The zero-order valence-electron chi connectivity index (χ0n) is 9.30. The number of pyridine rings is 1. The summed E-state index contributed by atoms with van der Waals surface area (Å²) in [5.41, 5.74) is 5.33. The SMILES string of the molecule is CNCCN(C)c1ccc([N+](=O)[O-])c(N)n1. The molecular weight excluding hydrogens is 210 g/mol. The predicted octanol–water partition coefficient (Wildman–Crippen LogP) is 0.228. The molecule has 0 atom stereocenters. The first-order valence-corrected chi connectivity index (χ1v) is 4.83. The molecule has 1 rings (SSSR count). The fourth-order valence-electron chi connectivity index (χ4n) is 1.22. The largest absolute Gasteiger partial charge is 0.378 e. The monoisotopic (exact) mass is 225 g/mol. The van der Waals surface area contributed by atoms with Gasteiger partial charge in [-0.15, -0.1) is 0 Å². The number of aromatic nitrogens is 1. The van der Waals surface area contributed by atoms with Crippen LogP contribution in [0.15, 0.2) is 12.1 Å². The minimum absolute atomic E-state index is 0.0567. The summed E-state index contributed by atoms with van der Waals surface area (Å²) in [6, 6.07) is 2.96. The Morgan fingerprint density at radius 3 is 2.81 bits per heavy atom. The molecule has 88 valence electrons. The van der Waals surface area contributed by atoms with Crippen molar-refractivity contribution in [3.63, 3.8) is 0 Å². The summed E-state index contributed by atoms with van der Waals surface area (Å²) < 4.78 is 0. The van der Waals surface area contributed by atoms with Crippen molar-refractivity contribution in [2.45, 2.75) is 0 Å². The molecule has 0 amide bonds. The molecule has 0 aliphatic carbocycles. The van der Waals surface area contributed by atoms with Gasteiger partial charge in [0.2, 0.25) is 5.82 Å². The molecular formula is C9H15N5O2. The Morgan fingerprint density at radius 2 is 2.31 bits per heavy atom. The summed E-state index contributed by atoms with van der Waals surface area (Å²) in [6.45, 7) is 1.55. The van der Waals surface area contributed by atoms with Crippen molar-refractivity contribution < 1.29 is 4.92 Å². The van der Waals surface area contributed by atoms with E-state index in [2.05, 4.69) is 10.3 Å². The second-order valence-corrected chi connectivity index (χ2v) is 3.36. The van der Waals surface area contributed by atoms with Crippen LogP contribution in [0.4, 0.5) is 17.3 Å². The molecule has 0 saturated heterocycles. The van der Waals surface area contributed by atoms with Gasteiger partial charge in [-0.1, -0.05) is 0 Å². The van der Waals surface area contributed by atoms with E-state index < -0.39 is 4.92 Å². The Balaban J connectivity index is 2.84. The van der Waals surface area contributed by atoms with Crippen LogP contribution >= 0.6 is 0 Å². The van der Waals surface area contributed by atoms with Gasteiger partial charge in [0.1, 0.15) is 5.82 Å². The molecule has 0 aliphatic rings. The molecule has 0 aliphatic heterocycles. The van der Waals surface area contributed by atoms with Crippen LogP contribution < -0.4 is 16.0 Å². The van der Waals surface area contributed by atoms with Crippen LogP contribution in [0.3, 0.4) is 0 Å². The van der Waals surface area contributed by atoms with Crippen molar-refractivity contribution in [1.82, 2.24) is 10.3 Å². The number of nitrogen functional groups attached to an aromatic ring is 1. The Morgan fingerprint density at radius 1 is 1.62 bits per heavy atom. The van der Waals surface area contributed by atoms with E-state index in [0.717, 1.165) is 13.1 Å². The second kappa shape index (κ2) is 5.26. The highest BCUT2D eigenvalue weighted by Crippen LogP contribution is 2.21. The fraction of sp³-hybridized carbons (Fsp3) is 0.444. The lowest BCUT2D eigenvalue weighted by Crippen LogP contribution is -2.27. The van der Waals surface area contributed by atoms with Gasteiger partial charge in [0, 0.05) is 26.2 Å². The molecule has 0 fully saturated rings. The van der Waals surface area contributed by atoms with Crippen molar-refractivity contribution >= 4 is 17.3 Å². The van der Waals surface area contributed by atoms with Crippen LogP contribution in [-0.2, 0) is 0 Å². The maximum Gasteiger partial charge on any atom is 0.311 e. The molecule has 0 saturated carbocycles. The van der Waals surface area contributed by atoms with Crippen LogP contribution in [0.1, 0.15) is 0 Å². The smallest absolute Gasteiger partial charge is 0.311 e. The molecule has 0 aromatic carbocycles. The van der Waals surface area contributed by atoms with E-state index in [-0.39, 0.29) is 11.5 Å². The number of hydrogen-bond acceptors (Lipinski definition) is 6. The summed E-state index contributed by atoms with van der Waals surface area (Å²) in [7, 11) is 3.70. The summed E-state index contributed by atoms with van der Waals surface area (Å²) >= 11 is 0. The summed E-state index contributed by atoms with van der Waals surface area (Å²) in [4.78, 5) is 15.8. The van der Waals surface area contributed by atoms with Crippen LogP contribution in [0.25, 0.3) is 0 Å². The Labute approximate surface area is 93.4 Å². The molecule has 0 radical (unpaired) electrons. The molecule has 0 unspecified atom stereocenters. The highest BCUT2D eigenvalue weighted by molar-refractivity contribution is 5.57. The molecule has 1 aromatic heterocycles. The average Bonchev–Trinajstić information content (AvgIpc) is 2.25. The van der Waals surface area contributed by atoms with E-state index in [1.165, 1.54) is 6.07 Å². The summed E-state index contributed by atoms with van der Waals surface area (Å²) in [5.74, 6) is 0.567. The molecule has 0 bridgehead atoms. The topological polar surface area (TPSA) is 97.3 Å². The minimum atomic E-state index is -0.542. The molecule has 0 spiro atoms. The molecule has 7 nitrogen and oxygen atoms in total. The van der Waals surface area contributed by atoms with Crippen LogP contribution in [-0.4, -0.2) is 37.1 Å². The van der Waals surface area contributed by atoms with Crippen LogP contribution in [0.2, 0.25) is 0 Å². The first kappa shape index (κ1) is 12.2. The highest BCUT2D eigenvalue weighted by Gasteiger charge is 2.14. The third kappa shape index (κ3) is 2.80. The van der Waals surface area contributed by atoms with Crippen molar-refractivity contribution in [3.05, 3.63) is 22.2 Å². The Bertz CT molecular complexity index is 382. The Kier molecular flexibility index (Phi) is 4.01. The first-order valence-electron chi connectivity index (χ1n) is 4.83. The maximum absolute atomic E-state index is 10.5. The van der Waals surface area contributed by atoms with Gasteiger partial charge in [-0.25, -0.2) is 4.98 Å². The zero-order valence-corrected chi connectivity index (χ0v) is 9.30. The molecule has 3 N–H and O–H groups in total. The maximum atomic E-state index is 10.5. The molecule has 1 aromatic rings. The van der Waals surface area contributed by atoms with Gasteiger partial charge in [0.05, 0.1) is 4.92 Å². The van der Waals surface area contributed by atoms with E-state index in [1.54, 1.807) is 6.07 Å². The third-order valence-electron chi connectivity index (χ3n) is 2.17. The number of anilines is 2. The zero-order chi connectivity index (χ0) is 12.1. The fourth-order valence-corrected chi connectivity index (χ4v) is 1.22. The Hall–Kier alpha value is -1.89. The number of nitrogens with zero attached hydrogens (tertiary/aromatic N) is 3. The number of hydrogen-bond donors (Lipinski definition) is 2. The molecule has 16 heavy (non-hydrogen) atoms. The lowest BCUT2D eigenvalue weighted by molar-refractivity contribution is -0.384. The van der Waals surface area contributed by atoms with Crippen molar-refractivity contribution in [1.29, 1.82) is 0 Å². The van der Waals surface area contributed by atoms with Gasteiger partial charge in [-0.05, 0) is 13.1 Å². The van der Waals surface area contributed by atoms with Gasteiger partial charge >= 0.3 is 5.69 Å². The average molecular weight is 225 g/mol. The summed E-state index contributed by atoms with van der Waals surface area (Å²) in [5, 5.41) is 13.5. The van der Waals surface area contributed by atoms with Gasteiger partial charge in [0.25, 0.3) is 0 Å². The van der Waals surface area contributed by atoms with Crippen LogP contribution in [0.5, 0.6) is 0 Å². The standard InChI is InChI=1S/C9H15N5O2/c1-11-5-6-13(2)8-4-3-7(14(15)16)9(10)12-8/h3-4,11H,5-6H2,1-2H3,(H2,10,12). The quantitative estimate of drug-likeness (QED) is 0.550. The van der Waals surface area contributed by atoms with Gasteiger partial charge < -0.3 is 16.0 Å². The number of likely N-dealkylation sites (N-methyl/N-ethyl adjacent to an activating group) is 2. The van der Waals surface area contributed by atoms with Crippen molar-refractivity contribution in [2.75, 3.05) is 37.8 Å². The van der Waals surface area contributed by atoms with E-state index in [0.29, 0.717) is 5.82 Å². The van der Waals surface area contributed by atoms with Gasteiger partial charge in [0.15, 0.2) is 0 Å². The molecule has 1 heterocycles. The van der Waals surface area contributed by atoms with Crippen molar-refractivity contribution in [3.8, 4) is 0 Å². The first-order chi connectivity index (χ1) is 7.56. The predicted molar refractivity (Wildman–Crippen MR) is 62.5 cm³/mol. The van der Waals surface area contributed by atoms with Crippen molar-refractivity contribution in [2.24, 2.45) is 0 Å². The number of nitrogens with two attached hydrogens (primary N) is 1. The normalized spacial score (nSPS) is 10.1. The van der Waals surface area contributed by atoms with E-state index in [4.69, 9.17) is 5.73 Å². The van der Waals surface area contributed by atoms with Crippen LogP contribution in [0, 0.1) is 10.1 Å². The van der Waals surface area contributed by atoms with E-state index in [1.807, 2.05) is 19.0 Å². The second-order valence-electron chi connectivity index (χ2n) is 3.36. The lowest BCUT2D eigenvalue weighted by Gasteiger charge is -2.17. The molecule has 7 heteroatoms. The number of nitro groups is 1. The lowest BCUT2D eigenvalue weighted by atomic mass is 10.3. The van der Waals surface area contributed by atoms with E-state index >= 15 is 0 Å².